The van der Waals surface area contributed by atoms with Crippen LogP contribution in [0.4, 0.5) is 9.93 Å². The number of rotatable bonds is 9. The van der Waals surface area contributed by atoms with E-state index < -0.39 is 69.8 Å². The number of hydrogen-bond donors (Lipinski definition) is 3. The molecule has 37 heavy (non-hydrogen) atoms. The maximum atomic E-state index is 13.0. The predicted molar refractivity (Wildman–Crippen MR) is 122 cm³/mol. The minimum absolute atomic E-state index is 0. The fourth-order valence-electron chi connectivity index (χ4n) is 2.69. The van der Waals surface area contributed by atoms with Gasteiger partial charge in [0.25, 0.3) is 11.8 Å². The molecule has 2 atom stereocenters. The molecule has 3 amide bonds. The number of amides is 3. The van der Waals surface area contributed by atoms with Gasteiger partial charge < -0.3 is 35.6 Å². The summed E-state index contributed by atoms with van der Waals surface area (Å²) >= 11 is 0.944. The van der Waals surface area contributed by atoms with Gasteiger partial charge in [-0.15, -0.1) is 11.3 Å². The van der Waals surface area contributed by atoms with E-state index in [0.717, 1.165) is 11.3 Å². The van der Waals surface area contributed by atoms with E-state index in [4.69, 9.17) is 21.0 Å². The quantitative estimate of drug-likeness (QED) is 0.0637. The molecule has 19 heteroatoms. The molecule has 0 bridgehead atoms. The van der Waals surface area contributed by atoms with Gasteiger partial charge in [-0.2, -0.15) is 0 Å². The van der Waals surface area contributed by atoms with E-state index in [2.05, 4.69) is 20.2 Å². The Morgan fingerprint density at radius 1 is 1.27 bits per heavy atom. The number of ether oxygens (including phenoxy) is 2. The van der Waals surface area contributed by atoms with Gasteiger partial charge in [0.2, 0.25) is 5.60 Å². The van der Waals surface area contributed by atoms with Crippen LogP contribution in [0.15, 0.2) is 10.5 Å². The zero-order chi connectivity index (χ0) is 27.6. The van der Waals surface area contributed by atoms with Crippen LogP contribution in [0.3, 0.4) is 0 Å². The molecular formula is C18H25N6NaO10S2. The van der Waals surface area contributed by atoms with Gasteiger partial charge in [-0.1, -0.05) is 5.16 Å². The predicted octanol–water partition coefficient (Wildman–Crippen LogP) is -4.18. The zero-order valence-corrected chi connectivity index (χ0v) is 24.5. The Balaban J connectivity index is 0.00000684. The van der Waals surface area contributed by atoms with E-state index in [1.165, 1.54) is 19.2 Å². The zero-order valence-electron chi connectivity index (χ0n) is 20.8. The van der Waals surface area contributed by atoms with Gasteiger partial charge in [0.05, 0.1) is 0 Å². The van der Waals surface area contributed by atoms with Crippen molar-refractivity contribution in [1.82, 2.24) is 14.6 Å². The first-order chi connectivity index (χ1) is 16.3. The Hall–Kier alpha value is -2.51. The van der Waals surface area contributed by atoms with Gasteiger partial charge in [0.15, 0.2) is 21.1 Å². The molecule has 0 unspecified atom stereocenters. The van der Waals surface area contributed by atoms with Crippen LogP contribution in [-0.4, -0.2) is 81.7 Å². The number of aromatic nitrogens is 1. The maximum absolute atomic E-state index is 13.0. The number of primary amides is 1. The van der Waals surface area contributed by atoms with Crippen LogP contribution in [0.1, 0.15) is 40.3 Å². The van der Waals surface area contributed by atoms with Crippen molar-refractivity contribution < 1.29 is 76.0 Å². The Morgan fingerprint density at radius 2 is 1.86 bits per heavy atom. The van der Waals surface area contributed by atoms with Crippen LogP contribution >= 0.6 is 11.3 Å². The topological polar surface area (TPSA) is 246 Å². The molecular weight excluding hydrogens is 547 g/mol. The van der Waals surface area contributed by atoms with Crippen molar-refractivity contribution in [3.05, 3.63) is 11.1 Å². The second-order valence-corrected chi connectivity index (χ2v) is 11.0. The molecule has 2 rings (SSSR count). The van der Waals surface area contributed by atoms with Gasteiger partial charge in [0.1, 0.15) is 30.0 Å². The summed E-state index contributed by atoms with van der Waals surface area (Å²) in [6, 6.07) is -3.18. The van der Waals surface area contributed by atoms with Crippen LogP contribution in [0.25, 0.3) is 0 Å². The largest absolute Gasteiger partial charge is 1.00 e. The van der Waals surface area contributed by atoms with Crippen LogP contribution in [-0.2, 0) is 39.0 Å². The summed E-state index contributed by atoms with van der Waals surface area (Å²) in [5.74, 6) is -3.19. The molecule has 0 spiro atoms. The third kappa shape index (κ3) is 8.50. The van der Waals surface area contributed by atoms with Crippen LogP contribution in [0.5, 0.6) is 0 Å². The molecule has 1 aromatic rings. The molecule has 5 N–H and O–H groups in total. The van der Waals surface area contributed by atoms with E-state index >= 15 is 0 Å². The number of carbonyl (C=O) groups is 4. The number of esters is 1. The average Bonchev–Trinajstić information content (AvgIpc) is 3.12. The SMILES string of the molecule is CC(C)(C)OC(=O)C(C)(C)O/N=C(\C(=O)N[C@@H]1C(=O)N(S(=O)(=O)[O-])[C@@H]1COC(N)=O)c1csc(N)n1.[Na+]. The smallest absolute Gasteiger partial charge is 0.731 e. The molecule has 0 saturated carbocycles. The number of hydrogen-bond acceptors (Lipinski definition) is 14. The fourth-order valence-corrected chi connectivity index (χ4v) is 4.09. The molecule has 1 aliphatic heterocycles. The molecule has 1 saturated heterocycles. The molecule has 0 aliphatic carbocycles. The summed E-state index contributed by atoms with van der Waals surface area (Å²) in [5.41, 5.74) is 7.32. The Bertz CT molecular complexity index is 1190. The van der Waals surface area contributed by atoms with E-state index in [-0.39, 0.29) is 44.7 Å². The summed E-state index contributed by atoms with van der Waals surface area (Å²) in [6.45, 7) is 6.78. The van der Waals surface area contributed by atoms with Crippen molar-refractivity contribution in [2.24, 2.45) is 10.9 Å². The van der Waals surface area contributed by atoms with Crippen LogP contribution < -0.4 is 46.3 Å². The normalized spacial score (nSPS) is 18.3. The monoisotopic (exact) mass is 572 g/mol. The first kappa shape index (κ1) is 32.5. The van der Waals surface area contributed by atoms with E-state index in [9.17, 15) is 32.1 Å². The standard InChI is InChI=1S/C18H26N6O10S2.Na/c1-17(2,3)33-14(27)18(4,5)34-23-10(8-7-35-15(19)21-8)12(25)22-11-9(6-32-16(20)28)24(13(11)26)36(29,30)31;/h7,9,11H,6H2,1-5H3,(H2,19,21)(H2,20,28)(H,22,25)(H,29,30,31);/q;+1/p-1/b23-10-;/t9-,11+;/m1./s1. The summed E-state index contributed by atoms with van der Waals surface area (Å²) in [5, 5.41) is 7.29. The number of nitrogens with one attached hydrogen (secondary N) is 1. The molecule has 1 fully saturated rings. The van der Waals surface area contributed by atoms with E-state index in [1.807, 2.05) is 0 Å². The Labute approximate surface area is 238 Å². The number of thiazole rings is 1. The second-order valence-electron chi connectivity index (χ2n) is 8.85. The van der Waals surface area contributed by atoms with Crippen molar-refractivity contribution in [2.75, 3.05) is 12.3 Å². The molecule has 200 valence electrons. The fraction of sp³-hybridized carbons (Fsp3) is 0.556. The van der Waals surface area contributed by atoms with Crippen molar-refractivity contribution in [3.63, 3.8) is 0 Å². The first-order valence-electron chi connectivity index (χ1n) is 10.1. The van der Waals surface area contributed by atoms with Crippen LogP contribution in [0, 0.1) is 0 Å². The molecule has 16 nitrogen and oxygen atoms in total. The first-order valence-corrected chi connectivity index (χ1v) is 12.3. The Kier molecular flexibility index (Phi) is 10.5. The second kappa shape index (κ2) is 11.9. The number of anilines is 1. The minimum atomic E-state index is -5.29. The molecule has 1 aliphatic rings. The average molecular weight is 573 g/mol. The summed E-state index contributed by atoms with van der Waals surface area (Å²) in [4.78, 5) is 57.9. The van der Waals surface area contributed by atoms with Crippen molar-refractivity contribution in [3.8, 4) is 0 Å². The maximum Gasteiger partial charge on any atom is 1.00 e. The number of nitrogen functional groups attached to an aromatic ring is 1. The van der Waals surface area contributed by atoms with E-state index in [0.29, 0.717) is 0 Å². The van der Waals surface area contributed by atoms with E-state index in [1.54, 1.807) is 20.8 Å². The minimum Gasteiger partial charge on any atom is -0.731 e. The summed E-state index contributed by atoms with van der Waals surface area (Å²) in [7, 11) is -5.29. The number of carbonyl (C=O) groups excluding carboxylic acids is 4. The third-order valence-corrected chi connectivity index (χ3v) is 5.93. The molecule has 0 aromatic carbocycles. The van der Waals surface area contributed by atoms with Crippen LogP contribution in [0.2, 0.25) is 0 Å². The number of nitrogens with zero attached hydrogens (tertiary/aromatic N) is 3. The van der Waals surface area contributed by atoms with Gasteiger partial charge in [-0.05, 0) is 34.6 Å². The van der Waals surface area contributed by atoms with Gasteiger partial charge in [-0.3, -0.25) is 9.59 Å². The Morgan fingerprint density at radius 3 is 2.32 bits per heavy atom. The summed E-state index contributed by atoms with van der Waals surface area (Å²) in [6.07, 6.45) is -1.30. The molecule has 2 heterocycles. The molecule has 1 aromatic heterocycles. The number of oxime groups is 1. The van der Waals surface area contributed by atoms with Gasteiger partial charge >= 0.3 is 41.6 Å². The van der Waals surface area contributed by atoms with Gasteiger partial charge in [0, 0.05) is 5.38 Å². The number of nitrogens with two attached hydrogens (primary N) is 2. The van der Waals surface area contributed by atoms with Crippen molar-refractivity contribution >= 4 is 56.4 Å². The molecule has 0 radical (unpaired) electrons. The van der Waals surface area contributed by atoms with Crippen molar-refractivity contribution in [1.29, 1.82) is 0 Å². The third-order valence-electron chi connectivity index (χ3n) is 4.33. The van der Waals surface area contributed by atoms with Crippen molar-refractivity contribution in [2.45, 2.75) is 57.9 Å². The van der Waals surface area contributed by atoms with Gasteiger partial charge in [-0.25, -0.2) is 27.3 Å². The number of β-lactam (4-membered cyclic amide) rings is 1. The summed E-state index contributed by atoms with van der Waals surface area (Å²) < 4.78 is 43.9.